The number of hydrogen-bond acceptors (Lipinski definition) is 7. The van der Waals surface area contributed by atoms with Crippen LogP contribution < -0.4 is 0 Å². The van der Waals surface area contributed by atoms with E-state index in [4.69, 9.17) is 9.15 Å². The van der Waals surface area contributed by atoms with Gasteiger partial charge in [0.05, 0.1) is 25.3 Å². The first-order valence-electron chi connectivity index (χ1n) is 8.51. The van der Waals surface area contributed by atoms with Crippen LogP contribution in [-0.2, 0) is 16.1 Å². The van der Waals surface area contributed by atoms with E-state index in [9.17, 15) is 9.90 Å². The number of hydrogen-bond donors (Lipinski definition) is 1. The molecule has 0 aromatic carbocycles. The van der Waals surface area contributed by atoms with Gasteiger partial charge in [0.25, 0.3) is 5.91 Å². The van der Waals surface area contributed by atoms with E-state index < -0.39 is 12.2 Å². The van der Waals surface area contributed by atoms with Crippen molar-refractivity contribution in [2.45, 2.75) is 51.5 Å². The molecule has 8 nitrogen and oxygen atoms in total. The molecule has 8 heteroatoms. The van der Waals surface area contributed by atoms with Crippen LogP contribution in [0.5, 0.6) is 0 Å². The number of likely N-dealkylation sites (tertiary alicyclic amines) is 1. The molecule has 1 aliphatic heterocycles. The van der Waals surface area contributed by atoms with Crippen molar-refractivity contribution in [1.82, 2.24) is 20.0 Å². The number of aromatic nitrogens is 2. The molecule has 2 heterocycles. The Hall–Kier alpha value is -1.51. The fraction of sp³-hybridized carbons (Fsp3) is 0.812. The van der Waals surface area contributed by atoms with E-state index in [-0.39, 0.29) is 11.9 Å². The molecule has 3 atom stereocenters. The number of nitrogens with zero attached hydrogens (tertiary/aromatic N) is 4. The summed E-state index contributed by atoms with van der Waals surface area (Å²) in [4.78, 5) is 16.1. The first-order chi connectivity index (χ1) is 11.4. The van der Waals surface area contributed by atoms with E-state index in [0.717, 1.165) is 0 Å². The summed E-state index contributed by atoms with van der Waals surface area (Å²) >= 11 is 0. The van der Waals surface area contributed by atoms with Gasteiger partial charge in [0, 0.05) is 20.0 Å². The molecule has 1 N–H and O–H groups in total. The highest BCUT2D eigenvalue weighted by atomic mass is 16.5. The van der Waals surface area contributed by atoms with E-state index in [0.29, 0.717) is 43.9 Å². The molecule has 0 bridgehead atoms. The van der Waals surface area contributed by atoms with Crippen LogP contribution >= 0.6 is 0 Å². The van der Waals surface area contributed by atoms with E-state index in [1.54, 1.807) is 18.7 Å². The minimum atomic E-state index is -0.599. The predicted molar refractivity (Wildman–Crippen MR) is 85.0 cm³/mol. The lowest BCUT2D eigenvalue weighted by Gasteiger charge is -2.25. The Morgan fingerprint density at radius 2 is 2.21 bits per heavy atom. The van der Waals surface area contributed by atoms with Gasteiger partial charge in [-0.15, -0.1) is 10.2 Å². The molecule has 134 valence electrons. The molecular formula is C16H26N4O4. The van der Waals surface area contributed by atoms with Crippen molar-refractivity contribution in [3.63, 3.8) is 0 Å². The van der Waals surface area contributed by atoms with Gasteiger partial charge in [-0.2, -0.15) is 0 Å². The zero-order valence-electron chi connectivity index (χ0n) is 14.5. The molecular weight excluding hydrogens is 312 g/mol. The van der Waals surface area contributed by atoms with E-state index in [2.05, 4.69) is 10.2 Å². The first-order valence-corrected chi connectivity index (χ1v) is 8.51. The molecule has 1 saturated heterocycles. The monoisotopic (exact) mass is 338 g/mol. The molecule has 0 unspecified atom stereocenters. The molecule has 0 spiro atoms. The predicted octanol–water partition coefficient (Wildman–Crippen LogP) is 0.197. The molecule has 1 aromatic rings. The number of aliphatic hydroxyl groups excluding tert-OH is 1. The van der Waals surface area contributed by atoms with Crippen LogP contribution in [0.3, 0.4) is 0 Å². The minimum Gasteiger partial charge on any atom is -0.424 e. The SMILES string of the molecule is Cc1nnc(CN(C)[C@H]2CN(C(=O)[C@@H](C)OCC3CC3)C[C@H]2O)o1. The summed E-state index contributed by atoms with van der Waals surface area (Å²) in [6, 6.07) is -0.156. The van der Waals surface area contributed by atoms with Crippen LogP contribution in [0, 0.1) is 12.8 Å². The molecule has 2 aliphatic rings. The summed E-state index contributed by atoms with van der Waals surface area (Å²) < 4.78 is 11.0. The van der Waals surface area contributed by atoms with Gasteiger partial charge in [-0.05, 0) is 32.7 Å². The number of carbonyl (C=O) groups excluding carboxylic acids is 1. The second-order valence-electron chi connectivity index (χ2n) is 6.93. The van der Waals surface area contributed by atoms with Gasteiger partial charge in [0.2, 0.25) is 11.8 Å². The lowest BCUT2D eigenvalue weighted by molar-refractivity contribution is -0.142. The number of aryl methyl sites for hydroxylation is 1. The van der Waals surface area contributed by atoms with Crippen LogP contribution in [-0.4, -0.2) is 76.0 Å². The van der Waals surface area contributed by atoms with Gasteiger partial charge in [-0.3, -0.25) is 9.69 Å². The lowest BCUT2D eigenvalue weighted by atomic mass is 10.2. The summed E-state index contributed by atoms with van der Waals surface area (Å²) in [5.74, 6) is 1.59. The number of rotatable bonds is 7. The minimum absolute atomic E-state index is 0.0563. The number of carbonyl (C=O) groups is 1. The summed E-state index contributed by atoms with van der Waals surface area (Å²) in [5.41, 5.74) is 0. The second kappa shape index (κ2) is 7.16. The molecule has 0 radical (unpaired) electrons. The largest absolute Gasteiger partial charge is 0.424 e. The van der Waals surface area contributed by atoms with Crippen LogP contribution in [0.15, 0.2) is 4.42 Å². The van der Waals surface area contributed by atoms with E-state index >= 15 is 0 Å². The molecule has 1 aromatic heterocycles. The highest BCUT2D eigenvalue weighted by Gasteiger charge is 2.38. The van der Waals surface area contributed by atoms with Crippen LogP contribution in [0.4, 0.5) is 0 Å². The topological polar surface area (TPSA) is 91.9 Å². The summed E-state index contributed by atoms with van der Waals surface area (Å²) in [6.07, 6.45) is 1.34. The standard InChI is InChI=1S/C16H26N4O4/c1-10(23-9-12-4-5-12)16(22)20-6-13(14(21)7-20)19(3)8-15-18-17-11(2)24-15/h10,12-14,21H,4-9H2,1-3H3/t10-,13+,14-/m1/s1. The molecule has 1 saturated carbocycles. The highest BCUT2D eigenvalue weighted by Crippen LogP contribution is 2.29. The molecule has 24 heavy (non-hydrogen) atoms. The van der Waals surface area contributed by atoms with Crippen molar-refractivity contribution >= 4 is 5.91 Å². The van der Waals surface area contributed by atoms with Gasteiger partial charge in [-0.1, -0.05) is 0 Å². The van der Waals surface area contributed by atoms with Gasteiger partial charge in [0.15, 0.2) is 0 Å². The smallest absolute Gasteiger partial charge is 0.251 e. The van der Waals surface area contributed by atoms with Crippen molar-refractivity contribution in [1.29, 1.82) is 0 Å². The maximum Gasteiger partial charge on any atom is 0.251 e. The van der Waals surface area contributed by atoms with Gasteiger partial charge >= 0.3 is 0 Å². The number of likely N-dealkylation sites (N-methyl/N-ethyl adjacent to an activating group) is 1. The fourth-order valence-corrected chi connectivity index (χ4v) is 3.01. The zero-order valence-corrected chi connectivity index (χ0v) is 14.5. The Balaban J connectivity index is 1.51. The average Bonchev–Trinajstić information content (AvgIpc) is 3.17. The number of aliphatic hydroxyl groups is 1. The van der Waals surface area contributed by atoms with Crippen molar-refractivity contribution in [2.24, 2.45) is 5.92 Å². The van der Waals surface area contributed by atoms with Gasteiger partial charge in [0.1, 0.15) is 6.10 Å². The quantitative estimate of drug-likeness (QED) is 0.759. The van der Waals surface area contributed by atoms with Crippen LogP contribution in [0.1, 0.15) is 31.5 Å². The molecule has 1 amide bonds. The Morgan fingerprint density at radius 1 is 1.46 bits per heavy atom. The molecule has 1 aliphatic carbocycles. The average molecular weight is 338 g/mol. The number of ether oxygens (including phenoxy) is 1. The van der Waals surface area contributed by atoms with Crippen LogP contribution in [0.2, 0.25) is 0 Å². The highest BCUT2D eigenvalue weighted by molar-refractivity contribution is 5.81. The van der Waals surface area contributed by atoms with Gasteiger partial charge in [-0.25, -0.2) is 0 Å². The normalized spacial score (nSPS) is 25.5. The van der Waals surface area contributed by atoms with Crippen LogP contribution in [0.25, 0.3) is 0 Å². The van der Waals surface area contributed by atoms with E-state index in [1.165, 1.54) is 12.8 Å². The van der Waals surface area contributed by atoms with Crippen molar-refractivity contribution in [2.75, 3.05) is 26.7 Å². The molecule has 3 rings (SSSR count). The second-order valence-corrected chi connectivity index (χ2v) is 6.93. The third kappa shape index (κ3) is 4.12. The summed E-state index contributed by atoms with van der Waals surface area (Å²) in [6.45, 7) is 5.43. The Morgan fingerprint density at radius 3 is 2.83 bits per heavy atom. The Bertz CT molecular complexity index is 574. The number of amides is 1. The first kappa shape index (κ1) is 17.3. The van der Waals surface area contributed by atoms with Crippen molar-refractivity contribution < 1.29 is 19.1 Å². The Labute approximate surface area is 141 Å². The summed E-state index contributed by atoms with van der Waals surface area (Å²) in [7, 11) is 1.88. The number of β-amino-alcohol motifs (C(OH)–C–C–N with tert-alkyl or cyclic N) is 1. The van der Waals surface area contributed by atoms with E-state index in [1.807, 2.05) is 11.9 Å². The molecule has 2 fully saturated rings. The fourth-order valence-electron chi connectivity index (χ4n) is 3.01. The zero-order chi connectivity index (χ0) is 17.3. The van der Waals surface area contributed by atoms with Crippen molar-refractivity contribution in [3.8, 4) is 0 Å². The van der Waals surface area contributed by atoms with Crippen molar-refractivity contribution in [3.05, 3.63) is 11.8 Å². The third-order valence-corrected chi connectivity index (χ3v) is 4.72. The lowest BCUT2D eigenvalue weighted by Crippen LogP contribution is -2.41. The Kier molecular flexibility index (Phi) is 5.17. The maximum atomic E-state index is 12.5. The maximum absolute atomic E-state index is 12.5. The van der Waals surface area contributed by atoms with Gasteiger partial charge < -0.3 is 19.2 Å². The summed E-state index contributed by atoms with van der Waals surface area (Å²) in [5, 5.41) is 18.1. The third-order valence-electron chi connectivity index (χ3n) is 4.72.